The zero-order valence-corrected chi connectivity index (χ0v) is 8.42. The zero-order valence-electron chi connectivity index (χ0n) is 8.42. The van der Waals surface area contributed by atoms with Crippen molar-refractivity contribution < 1.29 is 0 Å². The van der Waals surface area contributed by atoms with Crippen molar-refractivity contribution in [3.8, 4) is 0 Å². The maximum atomic E-state index is 5.83. The van der Waals surface area contributed by atoms with Gasteiger partial charge in [0.1, 0.15) is 0 Å². The first-order valence-corrected chi connectivity index (χ1v) is 4.75. The predicted octanol–water partition coefficient (Wildman–Crippen LogP) is 1.95. The molecule has 3 N–H and O–H groups in total. The largest absolute Gasteiger partial charge is 0.391 e. The molecule has 1 atom stereocenters. The van der Waals surface area contributed by atoms with Gasteiger partial charge in [0.25, 0.3) is 0 Å². The lowest BCUT2D eigenvalue weighted by atomic mass is 10.1. The minimum Gasteiger partial charge on any atom is -0.391 e. The molecule has 0 spiro atoms. The van der Waals surface area contributed by atoms with Crippen molar-refractivity contribution in [3.63, 3.8) is 0 Å². The molecule has 2 heteroatoms. The van der Waals surface area contributed by atoms with E-state index < -0.39 is 0 Å². The molecule has 0 aliphatic rings. The van der Waals surface area contributed by atoms with Gasteiger partial charge in [0.15, 0.2) is 0 Å². The van der Waals surface area contributed by atoms with Crippen molar-refractivity contribution in [2.75, 3.05) is 6.54 Å². The molecular weight excluding hydrogens is 160 g/mol. The lowest BCUT2D eigenvalue weighted by molar-refractivity contribution is 0.578. The first-order valence-electron chi connectivity index (χ1n) is 4.75. The maximum absolute atomic E-state index is 5.83. The molecule has 0 aliphatic carbocycles. The molecular formula is C11H20N2. The molecule has 0 aromatic rings. The molecule has 0 saturated carbocycles. The highest BCUT2D eigenvalue weighted by Gasteiger charge is 1.97. The van der Waals surface area contributed by atoms with Crippen molar-refractivity contribution >= 4 is 0 Å². The van der Waals surface area contributed by atoms with Gasteiger partial charge in [0, 0.05) is 12.6 Å². The van der Waals surface area contributed by atoms with Gasteiger partial charge >= 0.3 is 0 Å². The summed E-state index contributed by atoms with van der Waals surface area (Å²) in [5, 5.41) is 3.17. The fourth-order valence-electron chi connectivity index (χ4n) is 1.02. The summed E-state index contributed by atoms with van der Waals surface area (Å²) in [5.41, 5.74) is 8.56. The van der Waals surface area contributed by atoms with E-state index in [1.165, 1.54) is 0 Å². The lowest BCUT2D eigenvalue weighted by Gasteiger charge is -2.07. The van der Waals surface area contributed by atoms with Crippen molar-refractivity contribution in [1.29, 1.82) is 0 Å². The number of allylic oxidation sites excluding steroid dienone is 1. The molecule has 0 heterocycles. The molecule has 0 radical (unpaired) electrons. The number of hydrogen-bond donors (Lipinski definition) is 2. The molecule has 0 rings (SSSR count). The highest BCUT2D eigenvalue weighted by atomic mass is 14.8. The van der Waals surface area contributed by atoms with Crippen molar-refractivity contribution in [2.24, 2.45) is 5.73 Å². The Morgan fingerprint density at radius 1 is 1.62 bits per heavy atom. The SMILES string of the molecule is C=C=CCC(N)CCCNC=CC. The summed E-state index contributed by atoms with van der Waals surface area (Å²) in [7, 11) is 0. The molecule has 0 aliphatic heterocycles. The van der Waals surface area contributed by atoms with E-state index in [9.17, 15) is 0 Å². The van der Waals surface area contributed by atoms with Crippen LogP contribution in [0.15, 0.2) is 30.7 Å². The average molecular weight is 180 g/mol. The van der Waals surface area contributed by atoms with Crippen LogP contribution < -0.4 is 11.1 Å². The van der Waals surface area contributed by atoms with Crippen LogP contribution in [0.5, 0.6) is 0 Å². The number of hydrogen-bond acceptors (Lipinski definition) is 2. The highest BCUT2D eigenvalue weighted by Crippen LogP contribution is 1.98. The monoisotopic (exact) mass is 180 g/mol. The third kappa shape index (κ3) is 8.93. The van der Waals surface area contributed by atoms with Gasteiger partial charge in [-0.2, -0.15) is 0 Å². The van der Waals surface area contributed by atoms with Crippen LogP contribution in [0.25, 0.3) is 0 Å². The minimum atomic E-state index is 0.252. The highest BCUT2D eigenvalue weighted by molar-refractivity contribution is 4.81. The second-order valence-electron chi connectivity index (χ2n) is 3.00. The molecule has 0 amide bonds. The Labute approximate surface area is 81.2 Å². The van der Waals surface area contributed by atoms with Gasteiger partial charge in [-0.15, -0.1) is 5.73 Å². The molecule has 2 nitrogen and oxygen atoms in total. The van der Waals surface area contributed by atoms with Gasteiger partial charge in [0.2, 0.25) is 0 Å². The topological polar surface area (TPSA) is 38.0 Å². The Morgan fingerprint density at radius 3 is 3.00 bits per heavy atom. The van der Waals surface area contributed by atoms with Crippen LogP contribution in [0.2, 0.25) is 0 Å². The maximum Gasteiger partial charge on any atom is 0.0141 e. The molecule has 1 unspecified atom stereocenters. The van der Waals surface area contributed by atoms with Crippen LogP contribution in [0.1, 0.15) is 26.2 Å². The predicted molar refractivity (Wildman–Crippen MR) is 58.4 cm³/mol. The van der Waals surface area contributed by atoms with E-state index in [1.807, 2.05) is 25.3 Å². The van der Waals surface area contributed by atoms with Gasteiger partial charge in [-0.25, -0.2) is 0 Å². The molecule has 0 bridgehead atoms. The van der Waals surface area contributed by atoms with Crippen LogP contribution in [0.3, 0.4) is 0 Å². The minimum absolute atomic E-state index is 0.252. The summed E-state index contributed by atoms with van der Waals surface area (Å²) >= 11 is 0. The Hall–Kier alpha value is -0.980. The molecule has 74 valence electrons. The number of nitrogens with one attached hydrogen (secondary N) is 1. The molecule has 0 saturated heterocycles. The normalized spacial score (nSPS) is 12.5. The Bertz CT molecular complexity index is 179. The second-order valence-corrected chi connectivity index (χ2v) is 3.00. The summed E-state index contributed by atoms with van der Waals surface area (Å²) in [6.45, 7) is 6.49. The smallest absolute Gasteiger partial charge is 0.0141 e. The van der Waals surface area contributed by atoms with Crippen molar-refractivity contribution in [2.45, 2.75) is 32.2 Å². The molecule has 13 heavy (non-hydrogen) atoms. The van der Waals surface area contributed by atoms with E-state index in [-0.39, 0.29) is 6.04 Å². The summed E-state index contributed by atoms with van der Waals surface area (Å²) in [4.78, 5) is 0. The van der Waals surface area contributed by atoms with E-state index >= 15 is 0 Å². The summed E-state index contributed by atoms with van der Waals surface area (Å²) in [5.74, 6) is 0. The van der Waals surface area contributed by atoms with Crippen molar-refractivity contribution in [3.05, 3.63) is 30.7 Å². The van der Waals surface area contributed by atoms with Crippen LogP contribution in [0, 0.1) is 0 Å². The summed E-state index contributed by atoms with van der Waals surface area (Å²) in [6, 6.07) is 0.252. The van der Waals surface area contributed by atoms with E-state index in [2.05, 4.69) is 17.6 Å². The van der Waals surface area contributed by atoms with Crippen LogP contribution in [-0.2, 0) is 0 Å². The summed E-state index contributed by atoms with van der Waals surface area (Å²) < 4.78 is 0. The Kier molecular flexibility index (Phi) is 8.42. The zero-order chi connectivity index (χ0) is 9.94. The fourth-order valence-corrected chi connectivity index (χ4v) is 1.02. The van der Waals surface area contributed by atoms with Gasteiger partial charge in [-0.3, -0.25) is 0 Å². The first-order chi connectivity index (χ1) is 6.31. The standard InChI is InChI=1S/C11H20N2/c1-3-5-7-11(12)8-6-10-13-9-4-2/h4-5,9,11,13H,1,6-8,10,12H2,2H3. The Morgan fingerprint density at radius 2 is 2.38 bits per heavy atom. The van der Waals surface area contributed by atoms with E-state index in [4.69, 9.17) is 5.73 Å². The number of rotatable bonds is 7. The van der Waals surface area contributed by atoms with Gasteiger partial charge in [0.05, 0.1) is 0 Å². The fraction of sp³-hybridized carbons (Fsp3) is 0.545. The van der Waals surface area contributed by atoms with E-state index in [1.54, 1.807) is 0 Å². The van der Waals surface area contributed by atoms with Gasteiger partial charge in [-0.05, 0) is 38.5 Å². The van der Waals surface area contributed by atoms with Crippen LogP contribution >= 0.6 is 0 Å². The molecule has 0 aromatic heterocycles. The molecule has 0 aromatic carbocycles. The third-order valence-electron chi connectivity index (χ3n) is 1.75. The van der Waals surface area contributed by atoms with Crippen molar-refractivity contribution in [1.82, 2.24) is 5.32 Å². The summed E-state index contributed by atoms with van der Waals surface area (Å²) in [6.07, 6.45) is 8.87. The van der Waals surface area contributed by atoms with Crippen LogP contribution in [-0.4, -0.2) is 12.6 Å². The molecule has 0 fully saturated rings. The second kappa shape index (κ2) is 9.11. The third-order valence-corrected chi connectivity index (χ3v) is 1.75. The van der Waals surface area contributed by atoms with E-state index in [0.717, 1.165) is 25.8 Å². The lowest BCUT2D eigenvalue weighted by Crippen LogP contribution is -2.20. The quantitative estimate of drug-likeness (QED) is 0.464. The van der Waals surface area contributed by atoms with Gasteiger partial charge < -0.3 is 11.1 Å². The Balaban J connectivity index is 3.26. The first kappa shape index (κ1) is 12.0. The van der Waals surface area contributed by atoms with Gasteiger partial charge in [-0.1, -0.05) is 12.7 Å². The van der Waals surface area contributed by atoms with E-state index in [0.29, 0.717) is 0 Å². The number of nitrogens with two attached hydrogens (primary N) is 1. The average Bonchev–Trinajstić information content (AvgIpc) is 2.14. The van der Waals surface area contributed by atoms with Crippen LogP contribution in [0.4, 0.5) is 0 Å².